The van der Waals surface area contributed by atoms with Gasteiger partial charge < -0.3 is 4.18 Å². The van der Waals surface area contributed by atoms with Crippen LogP contribution in [0.2, 0.25) is 0 Å². The van der Waals surface area contributed by atoms with Crippen LogP contribution in [0.25, 0.3) is 10.8 Å². The van der Waals surface area contributed by atoms with Crippen molar-refractivity contribution in [2.45, 2.75) is 11.8 Å². The third-order valence-corrected chi connectivity index (χ3v) is 4.97. The Morgan fingerprint density at radius 3 is 2.33 bits per heavy atom. The van der Waals surface area contributed by atoms with Crippen LogP contribution in [0.1, 0.15) is 5.56 Å². The number of benzene rings is 3. The molecule has 0 spiro atoms. The van der Waals surface area contributed by atoms with Crippen molar-refractivity contribution in [3.63, 3.8) is 0 Å². The fourth-order valence-corrected chi connectivity index (χ4v) is 3.55. The van der Waals surface area contributed by atoms with Gasteiger partial charge in [0.05, 0.1) is 4.92 Å². The van der Waals surface area contributed by atoms with E-state index in [0.29, 0.717) is 0 Å². The maximum absolute atomic E-state index is 12.4. The molecule has 3 aromatic carbocycles. The van der Waals surface area contributed by atoms with Crippen molar-refractivity contribution in [2.24, 2.45) is 0 Å². The number of nitro groups is 1. The van der Waals surface area contributed by atoms with Crippen LogP contribution in [-0.4, -0.2) is 13.3 Å². The summed E-state index contributed by atoms with van der Waals surface area (Å²) in [5.41, 5.74) is 0.0853. The number of nitrogens with zero attached hydrogens (tertiary/aromatic N) is 1. The zero-order valence-corrected chi connectivity index (χ0v) is 13.5. The largest absolute Gasteiger partial charge is 0.379 e. The van der Waals surface area contributed by atoms with Gasteiger partial charge in [-0.15, -0.1) is 0 Å². The summed E-state index contributed by atoms with van der Waals surface area (Å²) < 4.78 is 30.1. The van der Waals surface area contributed by atoms with Crippen LogP contribution in [0.4, 0.5) is 5.69 Å². The molecule has 0 aliphatic carbocycles. The highest BCUT2D eigenvalue weighted by molar-refractivity contribution is 7.87. The molecule has 3 aromatic rings. The summed E-state index contributed by atoms with van der Waals surface area (Å²) in [4.78, 5) is 10.1. The molecule has 0 saturated heterocycles. The van der Waals surface area contributed by atoms with E-state index in [1.54, 1.807) is 18.2 Å². The molecule has 0 radical (unpaired) electrons. The highest BCUT2D eigenvalue weighted by Crippen LogP contribution is 2.26. The van der Waals surface area contributed by atoms with Crippen molar-refractivity contribution < 1.29 is 17.5 Å². The molecule has 0 saturated carbocycles. The average Bonchev–Trinajstić information content (AvgIpc) is 2.54. The third-order valence-electron chi connectivity index (χ3n) is 3.57. The molecular formula is C17H13NO5S. The molecule has 0 aliphatic rings. The van der Waals surface area contributed by atoms with Crippen molar-refractivity contribution >= 4 is 26.6 Å². The minimum Gasteiger partial charge on any atom is -0.379 e. The summed E-state index contributed by atoms with van der Waals surface area (Å²) in [5.74, 6) is 0.187. The molecule has 0 heterocycles. The van der Waals surface area contributed by atoms with Crippen molar-refractivity contribution in [2.75, 3.05) is 0 Å². The van der Waals surface area contributed by atoms with E-state index in [1.807, 2.05) is 24.3 Å². The van der Waals surface area contributed by atoms with Crippen molar-refractivity contribution in [1.82, 2.24) is 0 Å². The van der Waals surface area contributed by atoms with Crippen LogP contribution in [0, 0.1) is 17.0 Å². The van der Waals surface area contributed by atoms with Gasteiger partial charge in [-0.3, -0.25) is 10.1 Å². The molecule has 0 aromatic heterocycles. The zero-order chi connectivity index (χ0) is 17.3. The first kappa shape index (κ1) is 15.9. The van der Waals surface area contributed by atoms with E-state index in [4.69, 9.17) is 4.18 Å². The summed E-state index contributed by atoms with van der Waals surface area (Å²) in [6.45, 7) is 1.49. The molecule has 0 bridgehead atoms. The lowest BCUT2D eigenvalue weighted by atomic mass is 10.1. The second-order valence-corrected chi connectivity index (χ2v) is 6.77. The van der Waals surface area contributed by atoms with E-state index in [9.17, 15) is 18.5 Å². The number of nitro benzene ring substituents is 1. The molecule has 0 aliphatic heterocycles. The van der Waals surface area contributed by atoms with Crippen molar-refractivity contribution in [3.05, 3.63) is 76.3 Å². The smallest absolute Gasteiger partial charge is 0.339 e. The Balaban J connectivity index is 1.96. The number of non-ortho nitro benzene ring substituents is 1. The fraction of sp³-hybridized carbons (Fsp3) is 0.0588. The molecule has 0 fully saturated rings. The minimum absolute atomic E-state index is 0.0961. The van der Waals surface area contributed by atoms with Gasteiger partial charge in [0, 0.05) is 12.1 Å². The van der Waals surface area contributed by atoms with Gasteiger partial charge in [-0.1, -0.05) is 30.3 Å². The molecule has 0 atom stereocenters. The summed E-state index contributed by atoms with van der Waals surface area (Å²) in [6, 6.07) is 16.0. The predicted octanol–water partition coefficient (Wildman–Crippen LogP) is 3.82. The van der Waals surface area contributed by atoms with E-state index >= 15 is 0 Å². The summed E-state index contributed by atoms with van der Waals surface area (Å²) in [6.07, 6.45) is 0. The van der Waals surface area contributed by atoms with Gasteiger partial charge >= 0.3 is 10.1 Å². The summed E-state index contributed by atoms with van der Waals surface area (Å²) in [5, 5.41) is 12.6. The predicted molar refractivity (Wildman–Crippen MR) is 89.6 cm³/mol. The van der Waals surface area contributed by atoms with Gasteiger partial charge in [-0.25, -0.2) is 0 Å². The SMILES string of the molecule is Cc1cc([N+](=O)[O-])ccc1S(=O)(=O)Oc1ccc2ccccc2c1. The van der Waals surface area contributed by atoms with E-state index in [2.05, 4.69) is 0 Å². The summed E-state index contributed by atoms with van der Waals surface area (Å²) in [7, 11) is -4.08. The van der Waals surface area contributed by atoms with Crippen LogP contribution in [0.5, 0.6) is 5.75 Å². The topological polar surface area (TPSA) is 86.5 Å². The number of hydrogen-bond acceptors (Lipinski definition) is 5. The molecule has 3 rings (SSSR count). The lowest BCUT2D eigenvalue weighted by molar-refractivity contribution is -0.385. The van der Waals surface area contributed by atoms with Crippen molar-refractivity contribution in [3.8, 4) is 5.75 Å². The Bertz CT molecular complexity index is 1040. The lowest BCUT2D eigenvalue weighted by Crippen LogP contribution is -2.11. The average molecular weight is 343 g/mol. The molecule has 0 unspecified atom stereocenters. The summed E-state index contributed by atoms with van der Waals surface area (Å²) >= 11 is 0. The highest BCUT2D eigenvalue weighted by Gasteiger charge is 2.21. The molecular weight excluding hydrogens is 330 g/mol. The first-order chi connectivity index (χ1) is 11.4. The molecule has 24 heavy (non-hydrogen) atoms. The second kappa shape index (κ2) is 5.93. The lowest BCUT2D eigenvalue weighted by Gasteiger charge is -2.10. The molecule has 6 nitrogen and oxygen atoms in total. The van der Waals surface area contributed by atoms with E-state index in [1.165, 1.54) is 19.1 Å². The normalized spacial score (nSPS) is 11.4. The van der Waals surface area contributed by atoms with Gasteiger partial charge in [0.25, 0.3) is 5.69 Å². The standard InChI is InChI=1S/C17H13NO5S/c1-12-10-15(18(19)20)7-9-17(12)24(21,22)23-16-8-6-13-4-2-3-5-14(13)11-16/h2-11H,1H3. The van der Waals surface area contributed by atoms with Crippen LogP contribution in [-0.2, 0) is 10.1 Å². The van der Waals surface area contributed by atoms with Crippen molar-refractivity contribution in [1.29, 1.82) is 0 Å². The second-order valence-electron chi connectivity index (χ2n) is 5.25. The van der Waals surface area contributed by atoms with Gasteiger partial charge in [0.15, 0.2) is 0 Å². The van der Waals surface area contributed by atoms with Crippen LogP contribution in [0.15, 0.2) is 65.6 Å². The van der Waals surface area contributed by atoms with E-state index < -0.39 is 15.0 Å². The molecule has 122 valence electrons. The van der Waals surface area contributed by atoms with Crippen LogP contribution in [0.3, 0.4) is 0 Å². The Kier molecular flexibility index (Phi) is 3.94. The Morgan fingerprint density at radius 2 is 1.67 bits per heavy atom. The quantitative estimate of drug-likeness (QED) is 0.408. The number of aryl methyl sites for hydroxylation is 1. The maximum Gasteiger partial charge on any atom is 0.339 e. The molecule has 0 N–H and O–H groups in total. The van der Waals surface area contributed by atoms with Gasteiger partial charge in [-0.2, -0.15) is 8.42 Å². The van der Waals surface area contributed by atoms with E-state index in [-0.39, 0.29) is 21.9 Å². The third kappa shape index (κ3) is 3.07. The highest BCUT2D eigenvalue weighted by atomic mass is 32.2. The number of rotatable bonds is 4. The Hall–Kier alpha value is -2.93. The number of hydrogen-bond donors (Lipinski definition) is 0. The first-order valence-corrected chi connectivity index (χ1v) is 8.46. The van der Waals surface area contributed by atoms with E-state index in [0.717, 1.165) is 16.8 Å². The van der Waals surface area contributed by atoms with Crippen LogP contribution >= 0.6 is 0 Å². The zero-order valence-electron chi connectivity index (χ0n) is 12.7. The molecule has 7 heteroatoms. The van der Waals surface area contributed by atoms with Gasteiger partial charge in [0.2, 0.25) is 0 Å². The van der Waals surface area contributed by atoms with Gasteiger partial charge in [0.1, 0.15) is 10.6 Å². The fourth-order valence-electron chi connectivity index (χ4n) is 2.42. The van der Waals surface area contributed by atoms with Gasteiger partial charge in [-0.05, 0) is 41.5 Å². The Morgan fingerprint density at radius 1 is 0.958 bits per heavy atom. The minimum atomic E-state index is -4.08. The maximum atomic E-state index is 12.4. The van der Waals surface area contributed by atoms with Crippen LogP contribution < -0.4 is 4.18 Å². The first-order valence-electron chi connectivity index (χ1n) is 7.05. The molecule has 0 amide bonds. The Labute approximate surface area is 138 Å². The number of fused-ring (bicyclic) bond motifs is 1. The monoisotopic (exact) mass is 343 g/mol.